The molecule has 0 N–H and O–H groups in total. The smallest absolute Gasteiger partial charge is 0.0726 e. The summed E-state index contributed by atoms with van der Waals surface area (Å²) < 4.78 is 0. The molecule has 1 atom stereocenters. The predicted octanol–water partition coefficient (Wildman–Crippen LogP) is 15.3. The molecule has 5 aliphatic carbocycles. The van der Waals surface area contributed by atoms with Crippen LogP contribution in [-0.2, 0) is 10.8 Å². The lowest BCUT2D eigenvalue weighted by atomic mass is 9.69. The zero-order chi connectivity index (χ0) is 40.0. The van der Waals surface area contributed by atoms with Gasteiger partial charge in [0.05, 0.1) is 10.8 Å². The van der Waals surface area contributed by atoms with Gasteiger partial charge in [0.1, 0.15) is 0 Å². The van der Waals surface area contributed by atoms with Gasteiger partial charge in [0.15, 0.2) is 0 Å². The van der Waals surface area contributed by atoms with Gasteiger partial charge in [-0.25, -0.2) is 0 Å². The monoisotopic (exact) mass is 767 g/mol. The molecule has 2 spiro atoms. The van der Waals surface area contributed by atoms with Crippen LogP contribution in [-0.4, -0.2) is 0 Å². The van der Waals surface area contributed by atoms with E-state index in [9.17, 15) is 0 Å². The van der Waals surface area contributed by atoms with E-state index in [1.165, 1.54) is 95.5 Å². The number of anilines is 3. The van der Waals surface area contributed by atoms with Crippen molar-refractivity contribution in [2.45, 2.75) is 43.9 Å². The van der Waals surface area contributed by atoms with E-state index < -0.39 is 5.41 Å². The summed E-state index contributed by atoms with van der Waals surface area (Å²) >= 11 is 0. The summed E-state index contributed by atoms with van der Waals surface area (Å²) in [6.07, 6.45) is 8.24. The summed E-state index contributed by atoms with van der Waals surface area (Å²) in [4.78, 5) is 2.49. The number of fused-ring (bicyclic) bond motifs is 19. The number of nitrogens with zero attached hydrogens (tertiary/aromatic N) is 1. The molecule has 0 saturated heterocycles. The van der Waals surface area contributed by atoms with Crippen LogP contribution in [0.25, 0.3) is 39.0 Å². The van der Waals surface area contributed by atoms with Crippen molar-refractivity contribution in [3.05, 3.63) is 250 Å². The molecule has 1 heteroatoms. The Kier molecular flexibility index (Phi) is 7.75. The third-order valence-electron chi connectivity index (χ3n) is 13.8. The maximum absolute atomic E-state index is 2.52. The fourth-order valence-electron chi connectivity index (χ4n) is 11.7. The highest BCUT2D eigenvalue weighted by Gasteiger charge is 2.54. The van der Waals surface area contributed by atoms with Gasteiger partial charge in [-0.15, -0.1) is 0 Å². The number of allylic oxidation sites excluding steroid dienone is 4. The van der Waals surface area contributed by atoms with Gasteiger partial charge in [-0.1, -0.05) is 184 Å². The van der Waals surface area contributed by atoms with Gasteiger partial charge in [0, 0.05) is 17.1 Å². The number of para-hydroxylation sites is 1. The Balaban J connectivity index is 0.00000126. The molecule has 5 aliphatic rings. The fraction of sp³-hybridized carbons (Fsp3) is 0.119. The molecule has 1 nitrogen and oxygen atoms in total. The molecule has 0 bridgehead atoms. The molecule has 0 aliphatic heterocycles. The maximum Gasteiger partial charge on any atom is 0.0726 e. The van der Waals surface area contributed by atoms with Gasteiger partial charge in [0.25, 0.3) is 0 Å². The minimum Gasteiger partial charge on any atom is -0.310 e. The second-order valence-electron chi connectivity index (χ2n) is 16.9. The molecule has 60 heavy (non-hydrogen) atoms. The standard InChI is InChI=1S/C56H37N.C3H8/c1-2-16-36(17-3-1)57(37-30-32-45-43-22-8-14-28-51(43)55(53(45)34-37)47-24-10-4-18-39(47)40-19-5-11-25-48(40)55)38-31-33-46-44-23-9-15-29-52(44)56(54(46)35-38)49-26-12-6-20-41(49)42-21-7-13-27-50(42)56;1-3-2/h1-6,8-20,22-35H,7,21H2;3H2,1-2H3. The Morgan fingerprint density at radius 2 is 0.767 bits per heavy atom. The lowest BCUT2D eigenvalue weighted by Gasteiger charge is -2.34. The first-order chi connectivity index (χ1) is 29.7. The summed E-state index contributed by atoms with van der Waals surface area (Å²) in [5.41, 5.74) is 24.6. The molecule has 0 radical (unpaired) electrons. The topological polar surface area (TPSA) is 3.24 Å². The number of hydrogen-bond donors (Lipinski definition) is 0. The van der Waals surface area contributed by atoms with Crippen molar-refractivity contribution in [1.29, 1.82) is 0 Å². The zero-order valence-electron chi connectivity index (χ0n) is 34.1. The van der Waals surface area contributed by atoms with Gasteiger partial charge in [0.2, 0.25) is 0 Å². The van der Waals surface area contributed by atoms with Crippen molar-refractivity contribution in [3.63, 3.8) is 0 Å². The minimum atomic E-state index is -0.412. The molecule has 8 aromatic carbocycles. The van der Waals surface area contributed by atoms with E-state index in [4.69, 9.17) is 0 Å². The maximum atomic E-state index is 2.52. The van der Waals surface area contributed by atoms with Crippen molar-refractivity contribution >= 4 is 22.6 Å². The third kappa shape index (κ3) is 4.47. The van der Waals surface area contributed by atoms with Crippen molar-refractivity contribution in [2.75, 3.05) is 4.90 Å². The van der Waals surface area contributed by atoms with Crippen LogP contribution in [0.1, 0.15) is 77.6 Å². The summed E-state index contributed by atoms with van der Waals surface area (Å²) in [6, 6.07) is 71.1. The average molecular weight is 768 g/mol. The van der Waals surface area contributed by atoms with Crippen LogP contribution in [0.2, 0.25) is 0 Å². The van der Waals surface area contributed by atoms with Crippen LogP contribution in [0.3, 0.4) is 0 Å². The molecular formula is C59H45N. The van der Waals surface area contributed by atoms with E-state index in [2.05, 4.69) is 219 Å². The lowest BCUT2D eigenvalue weighted by molar-refractivity contribution is 0.780. The zero-order valence-corrected chi connectivity index (χ0v) is 34.1. The van der Waals surface area contributed by atoms with Crippen LogP contribution < -0.4 is 4.90 Å². The van der Waals surface area contributed by atoms with Crippen molar-refractivity contribution in [2.24, 2.45) is 0 Å². The second-order valence-corrected chi connectivity index (χ2v) is 16.9. The van der Waals surface area contributed by atoms with E-state index in [0.717, 1.165) is 29.9 Å². The molecule has 0 amide bonds. The molecule has 0 aromatic heterocycles. The first-order valence-electron chi connectivity index (χ1n) is 21.7. The Hall–Kier alpha value is -6.96. The summed E-state index contributed by atoms with van der Waals surface area (Å²) in [5.74, 6) is 0. The number of benzene rings is 8. The number of rotatable bonds is 3. The van der Waals surface area contributed by atoms with Crippen LogP contribution in [0, 0.1) is 0 Å². The molecule has 286 valence electrons. The van der Waals surface area contributed by atoms with Gasteiger partial charge in [-0.3, -0.25) is 0 Å². The van der Waals surface area contributed by atoms with E-state index >= 15 is 0 Å². The second kappa shape index (κ2) is 13.3. The van der Waals surface area contributed by atoms with Crippen LogP contribution in [0.15, 0.2) is 206 Å². The van der Waals surface area contributed by atoms with E-state index in [-0.39, 0.29) is 5.41 Å². The lowest BCUT2D eigenvalue weighted by Crippen LogP contribution is -2.27. The summed E-state index contributed by atoms with van der Waals surface area (Å²) in [6.45, 7) is 4.25. The Morgan fingerprint density at radius 3 is 1.27 bits per heavy atom. The molecule has 0 fully saturated rings. The molecule has 0 heterocycles. The van der Waals surface area contributed by atoms with Crippen LogP contribution in [0.5, 0.6) is 0 Å². The SMILES string of the molecule is C1=CC2=C(CC1)c1ccccc1C21c2ccccc2-c2ccc(N(c3ccccc3)c3ccc4c(c3)C3(c5ccccc5-c5ccccc53)c3ccccc3-4)cc21.CCC. The quantitative estimate of drug-likeness (QED) is 0.173. The van der Waals surface area contributed by atoms with Crippen LogP contribution in [0.4, 0.5) is 17.1 Å². The molecular weight excluding hydrogens is 723 g/mol. The van der Waals surface area contributed by atoms with E-state index in [1.807, 2.05) is 0 Å². The average Bonchev–Trinajstić information content (AvgIpc) is 3.99. The molecule has 0 saturated carbocycles. The highest BCUT2D eigenvalue weighted by molar-refractivity contribution is 5.99. The third-order valence-corrected chi connectivity index (χ3v) is 13.8. The normalized spacial score (nSPS) is 17.2. The highest BCUT2D eigenvalue weighted by atomic mass is 15.1. The van der Waals surface area contributed by atoms with Crippen molar-refractivity contribution in [3.8, 4) is 33.4 Å². The molecule has 1 unspecified atom stereocenters. The minimum absolute atomic E-state index is 0.367. The molecule has 8 aromatic rings. The first-order valence-corrected chi connectivity index (χ1v) is 21.7. The van der Waals surface area contributed by atoms with Gasteiger partial charge < -0.3 is 4.90 Å². The van der Waals surface area contributed by atoms with Gasteiger partial charge in [-0.05, 0) is 138 Å². The Bertz CT molecular complexity index is 3040. The van der Waals surface area contributed by atoms with E-state index in [0.29, 0.717) is 0 Å². The van der Waals surface area contributed by atoms with E-state index in [1.54, 1.807) is 0 Å². The molecule has 13 rings (SSSR count). The summed E-state index contributed by atoms with van der Waals surface area (Å²) in [5, 5.41) is 0. The van der Waals surface area contributed by atoms with Crippen molar-refractivity contribution < 1.29 is 0 Å². The largest absolute Gasteiger partial charge is 0.310 e. The Morgan fingerprint density at radius 1 is 0.383 bits per heavy atom. The van der Waals surface area contributed by atoms with Crippen LogP contribution >= 0.6 is 0 Å². The number of hydrogen-bond acceptors (Lipinski definition) is 1. The summed E-state index contributed by atoms with van der Waals surface area (Å²) in [7, 11) is 0. The van der Waals surface area contributed by atoms with Crippen molar-refractivity contribution in [1.82, 2.24) is 0 Å². The van der Waals surface area contributed by atoms with Gasteiger partial charge in [-0.2, -0.15) is 0 Å². The highest BCUT2D eigenvalue weighted by Crippen LogP contribution is 2.65. The fourth-order valence-corrected chi connectivity index (χ4v) is 11.7. The predicted molar refractivity (Wildman–Crippen MR) is 250 cm³/mol. The first kappa shape index (κ1) is 35.0. The van der Waals surface area contributed by atoms with Gasteiger partial charge >= 0.3 is 0 Å². The Labute approximate surface area is 353 Å².